The zero-order chi connectivity index (χ0) is 10.7. The number of hydrogen-bond acceptors (Lipinski definition) is 4. The Bertz CT molecular complexity index is 393. The molecule has 0 spiro atoms. The van der Waals surface area contributed by atoms with Crippen LogP contribution in [0.1, 0.15) is 5.56 Å². The fourth-order valence-corrected chi connectivity index (χ4v) is 1.06. The third-order valence-corrected chi connectivity index (χ3v) is 1.65. The lowest BCUT2D eigenvalue weighted by Gasteiger charge is -1.98. The van der Waals surface area contributed by atoms with E-state index >= 15 is 0 Å². The van der Waals surface area contributed by atoms with Crippen LogP contribution in [-0.4, -0.2) is 21.0 Å². The summed E-state index contributed by atoms with van der Waals surface area (Å²) in [6.45, 7) is 0. The van der Waals surface area contributed by atoms with Gasteiger partial charge in [0.25, 0.3) is 0 Å². The van der Waals surface area contributed by atoms with E-state index in [1.807, 2.05) is 0 Å². The molecule has 0 aliphatic rings. The van der Waals surface area contributed by atoms with Gasteiger partial charge in [0, 0.05) is 6.07 Å². The van der Waals surface area contributed by atoms with Crippen LogP contribution < -0.4 is 0 Å². The molecule has 0 aliphatic heterocycles. The minimum atomic E-state index is -1.16. The molecule has 14 heavy (non-hydrogen) atoms. The van der Waals surface area contributed by atoms with Gasteiger partial charge in [-0.1, -0.05) is 0 Å². The smallest absolute Gasteiger partial charge is 0.368 e. The van der Waals surface area contributed by atoms with Crippen LogP contribution in [0.5, 0.6) is 0 Å². The maximum absolute atomic E-state index is 10.4. The quantitative estimate of drug-likeness (QED) is 0.467. The molecule has 1 aromatic heterocycles. The molecule has 1 N–H and O–H groups in total. The molecule has 0 atom stereocenters. The second-order valence-electron chi connectivity index (χ2n) is 2.44. The maximum Gasteiger partial charge on any atom is 0.368 e. The summed E-state index contributed by atoms with van der Waals surface area (Å²) in [5, 5.41) is 18.9. The highest BCUT2D eigenvalue weighted by Crippen LogP contribution is 2.18. The Labute approximate surface area is 83.3 Å². The standard InChI is InChI=1S/C7H5ClN2O4/c8-5-2-1-4(3-6(11)12)7(9-5)10(13)14/h1-2H,3H2,(H,11,12). The molecule has 0 aromatic carbocycles. The number of halogens is 1. The molecule has 0 saturated heterocycles. The van der Waals surface area contributed by atoms with Crippen LogP contribution in [0.3, 0.4) is 0 Å². The summed E-state index contributed by atoms with van der Waals surface area (Å²) in [4.78, 5) is 23.5. The van der Waals surface area contributed by atoms with Crippen LogP contribution in [0.4, 0.5) is 5.82 Å². The lowest BCUT2D eigenvalue weighted by molar-refractivity contribution is -0.390. The molecule has 6 nitrogen and oxygen atoms in total. The first kappa shape index (κ1) is 10.4. The van der Waals surface area contributed by atoms with Crippen LogP contribution in [0.25, 0.3) is 0 Å². The van der Waals surface area contributed by atoms with Crippen molar-refractivity contribution in [2.75, 3.05) is 0 Å². The number of carboxylic acid groups (broad SMARTS) is 1. The van der Waals surface area contributed by atoms with Gasteiger partial charge in [0.1, 0.15) is 0 Å². The van der Waals surface area contributed by atoms with Gasteiger partial charge in [0.05, 0.1) is 12.0 Å². The van der Waals surface area contributed by atoms with E-state index in [1.54, 1.807) is 0 Å². The topological polar surface area (TPSA) is 93.3 Å². The van der Waals surface area contributed by atoms with Gasteiger partial charge in [-0.2, -0.15) is 0 Å². The van der Waals surface area contributed by atoms with Gasteiger partial charge < -0.3 is 15.2 Å². The monoisotopic (exact) mass is 216 g/mol. The van der Waals surface area contributed by atoms with Crippen molar-refractivity contribution in [2.45, 2.75) is 6.42 Å². The predicted octanol–water partition coefficient (Wildman–Crippen LogP) is 1.27. The van der Waals surface area contributed by atoms with Gasteiger partial charge in [0.2, 0.25) is 5.15 Å². The molecular weight excluding hydrogens is 212 g/mol. The number of aliphatic carboxylic acids is 1. The predicted molar refractivity (Wildman–Crippen MR) is 47.2 cm³/mol. The molecule has 0 saturated carbocycles. The van der Waals surface area contributed by atoms with E-state index in [2.05, 4.69) is 4.98 Å². The van der Waals surface area contributed by atoms with E-state index in [0.29, 0.717) is 0 Å². The van der Waals surface area contributed by atoms with Crippen molar-refractivity contribution in [3.05, 3.63) is 33.0 Å². The van der Waals surface area contributed by atoms with E-state index in [0.717, 1.165) is 0 Å². The lowest BCUT2D eigenvalue weighted by Crippen LogP contribution is -2.05. The van der Waals surface area contributed by atoms with E-state index in [4.69, 9.17) is 16.7 Å². The molecule has 1 heterocycles. The molecule has 0 amide bonds. The summed E-state index contributed by atoms with van der Waals surface area (Å²) in [7, 11) is 0. The number of nitro groups is 1. The average molecular weight is 217 g/mol. The Morgan fingerprint density at radius 3 is 2.79 bits per heavy atom. The van der Waals surface area contributed by atoms with Gasteiger partial charge in [-0.15, -0.1) is 0 Å². The minimum Gasteiger partial charge on any atom is -0.481 e. The van der Waals surface area contributed by atoms with Crippen molar-refractivity contribution in [1.29, 1.82) is 0 Å². The number of aromatic nitrogens is 1. The Kier molecular flexibility index (Phi) is 2.98. The number of hydrogen-bond donors (Lipinski definition) is 1. The van der Waals surface area contributed by atoms with Crippen molar-refractivity contribution in [3.8, 4) is 0 Å². The van der Waals surface area contributed by atoms with Gasteiger partial charge in [-0.05, 0) is 27.6 Å². The maximum atomic E-state index is 10.4. The van der Waals surface area contributed by atoms with Crippen molar-refractivity contribution < 1.29 is 14.8 Å². The van der Waals surface area contributed by atoms with Gasteiger partial charge >= 0.3 is 11.8 Å². The van der Waals surface area contributed by atoms with Crippen molar-refractivity contribution in [2.24, 2.45) is 0 Å². The van der Waals surface area contributed by atoms with Crippen LogP contribution >= 0.6 is 11.6 Å². The Morgan fingerprint density at radius 2 is 2.29 bits per heavy atom. The Morgan fingerprint density at radius 1 is 1.64 bits per heavy atom. The molecule has 0 fully saturated rings. The summed E-state index contributed by atoms with van der Waals surface area (Å²) in [5.41, 5.74) is 0.0342. The SMILES string of the molecule is O=C(O)Cc1ccc(Cl)nc1[N+](=O)[O-]. The second-order valence-corrected chi connectivity index (χ2v) is 2.83. The summed E-state index contributed by atoms with van der Waals surface area (Å²) in [5.74, 6) is -1.67. The lowest BCUT2D eigenvalue weighted by atomic mass is 10.2. The molecule has 1 rings (SSSR count). The fraction of sp³-hybridized carbons (Fsp3) is 0.143. The molecule has 0 aliphatic carbocycles. The van der Waals surface area contributed by atoms with Gasteiger partial charge in [0.15, 0.2) is 0 Å². The van der Waals surface area contributed by atoms with E-state index in [9.17, 15) is 14.9 Å². The number of rotatable bonds is 3. The van der Waals surface area contributed by atoms with E-state index in [1.165, 1.54) is 12.1 Å². The minimum absolute atomic E-state index is 0.0342. The highest BCUT2D eigenvalue weighted by Gasteiger charge is 2.18. The summed E-state index contributed by atoms with van der Waals surface area (Å²) >= 11 is 5.43. The molecular formula is C7H5ClN2O4. The van der Waals surface area contributed by atoms with E-state index < -0.39 is 23.1 Å². The zero-order valence-electron chi connectivity index (χ0n) is 6.81. The Hall–Kier alpha value is -1.69. The molecule has 0 radical (unpaired) electrons. The average Bonchev–Trinajstić information content (AvgIpc) is 2.07. The fourth-order valence-electron chi connectivity index (χ4n) is 0.913. The number of carboxylic acids is 1. The van der Waals surface area contributed by atoms with Crippen molar-refractivity contribution >= 4 is 23.4 Å². The van der Waals surface area contributed by atoms with Gasteiger partial charge in [-0.25, -0.2) is 0 Å². The Balaban J connectivity index is 3.14. The highest BCUT2D eigenvalue weighted by atomic mass is 35.5. The molecule has 0 bridgehead atoms. The van der Waals surface area contributed by atoms with Crippen LogP contribution in [-0.2, 0) is 11.2 Å². The van der Waals surface area contributed by atoms with Crippen LogP contribution in [0.15, 0.2) is 12.1 Å². The number of nitrogens with zero attached hydrogens (tertiary/aromatic N) is 2. The zero-order valence-corrected chi connectivity index (χ0v) is 7.56. The first-order valence-corrected chi connectivity index (χ1v) is 3.90. The van der Waals surface area contributed by atoms with Gasteiger partial charge in [-0.3, -0.25) is 4.79 Å². The van der Waals surface area contributed by atoms with Crippen molar-refractivity contribution in [3.63, 3.8) is 0 Å². The summed E-state index contributed by atoms with van der Waals surface area (Å²) < 4.78 is 0. The van der Waals surface area contributed by atoms with Crippen LogP contribution in [0, 0.1) is 10.1 Å². The van der Waals surface area contributed by atoms with Crippen LogP contribution in [0.2, 0.25) is 5.15 Å². The van der Waals surface area contributed by atoms with E-state index in [-0.39, 0.29) is 10.7 Å². The number of carbonyl (C=O) groups is 1. The molecule has 0 unspecified atom stereocenters. The first-order valence-electron chi connectivity index (χ1n) is 3.52. The van der Waals surface area contributed by atoms with Crippen molar-refractivity contribution in [1.82, 2.24) is 4.98 Å². The third kappa shape index (κ3) is 2.40. The number of pyridine rings is 1. The second kappa shape index (κ2) is 4.01. The highest BCUT2D eigenvalue weighted by molar-refractivity contribution is 6.29. The molecule has 1 aromatic rings. The molecule has 74 valence electrons. The first-order chi connectivity index (χ1) is 6.50. The largest absolute Gasteiger partial charge is 0.481 e. The summed E-state index contributed by atoms with van der Waals surface area (Å²) in [6, 6.07) is 2.59. The molecule has 7 heteroatoms. The summed E-state index contributed by atoms with van der Waals surface area (Å²) in [6.07, 6.45) is -0.444. The third-order valence-electron chi connectivity index (χ3n) is 1.44. The normalized spacial score (nSPS) is 9.79.